The molecular formula is C23H26FNO4. The minimum absolute atomic E-state index is 0.179. The molecule has 1 fully saturated rings. The summed E-state index contributed by atoms with van der Waals surface area (Å²) in [7, 11) is 0. The van der Waals surface area contributed by atoms with Crippen LogP contribution in [-0.4, -0.2) is 23.5 Å². The molecule has 0 aromatic heterocycles. The van der Waals surface area contributed by atoms with E-state index in [1.807, 2.05) is 24.3 Å². The predicted octanol–water partition coefficient (Wildman–Crippen LogP) is 3.95. The molecule has 2 aromatic rings. The largest absolute Gasteiger partial charge is 0.489 e. The third kappa shape index (κ3) is 5.79. The predicted molar refractivity (Wildman–Crippen MR) is 107 cm³/mol. The van der Waals surface area contributed by atoms with E-state index in [1.54, 1.807) is 12.1 Å². The fraction of sp³-hybridized carbons (Fsp3) is 0.391. The van der Waals surface area contributed by atoms with E-state index < -0.39 is 17.8 Å². The summed E-state index contributed by atoms with van der Waals surface area (Å²) in [5.41, 5.74) is 1.82. The number of carbonyl (C=O) groups is 2. The van der Waals surface area contributed by atoms with Crippen LogP contribution in [0.25, 0.3) is 0 Å². The zero-order valence-corrected chi connectivity index (χ0v) is 16.3. The molecule has 1 amide bonds. The molecule has 2 aromatic carbocycles. The Morgan fingerprint density at radius 3 is 2.45 bits per heavy atom. The van der Waals surface area contributed by atoms with Crippen LogP contribution < -0.4 is 10.1 Å². The molecule has 0 saturated heterocycles. The fourth-order valence-electron chi connectivity index (χ4n) is 3.78. The molecule has 2 N–H and O–H groups in total. The Kier molecular flexibility index (Phi) is 7.22. The van der Waals surface area contributed by atoms with Gasteiger partial charge in [-0.1, -0.05) is 43.2 Å². The third-order valence-electron chi connectivity index (χ3n) is 5.39. The maximum atomic E-state index is 13.0. The molecule has 1 aliphatic rings. The van der Waals surface area contributed by atoms with E-state index >= 15 is 0 Å². The molecule has 5 nitrogen and oxygen atoms in total. The lowest BCUT2D eigenvalue weighted by Crippen LogP contribution is -2.40. The quantitative estimate of drug-likeness (QED) is 0.705. The highest BCUT2D eigenvalue weighted by molar-refractivity contribution is 5.84. The van der Waals surface area contributed by atoms with Crippen molar-refractivity contribution in [3.05, 3.63) is 65.5 Å². The molecule has 2 atom stereocenters. The van der Waals surface area contributed by atoms with Crippen molar-refractivity contribution in [2.24, 2.45) is 11.8 Å². The first-order chi connectivity index (χ1) is 14.0. The number of hydrogen-bond donors (Lipinski definition) is 2. The van der Waals surface area contributed by atoms with Crippen molar-refractivity contribution >= 4 is 11.9 Å². The lowest BCUT2D eigenvalue weighted by molar-refractivity contribution is -0.148. The number of aliphatic carboxylic acids is 1. The van der Waals surface area contributed by atoms with E-state index in [0.29, 0.717) is 38.2 Å². The summed E-state index contributed by atoms with van der Waals surface area (Å²) >= 11 is 0. The van der Waals surface area contributed by atoms with Crippen LogP contribution in [0.4, 0.5) is 4.39 Å². The van der Waals surface area contributed by atoms with Gasteiger partial charge in [0, 0.05) is 6.54 Å². The van der Waals surface area contributed by atoms with Crippen molar-refractivity contribution in [3.63, 3.8) is 0 Å². The van der Waals surface area contributed by atoms with Crippen LogP contribution in [0.15, 0.2) is 48.5 Å². The summed E-state index contributed by atoms with van der Waals surface area (Å²) in [4.78, 5) is 23.9. The average Bonchev–Trinajstić information content (AvgIpc) is 2.74. The highest BCUT2D eigenvalue weighted by atomic mass is 19.1. The second kappa shape index (κ2) is 10.0. The Morgan fingerprint density at radius 2 is 1.72 bits per heavy atom. The van der Waals surface area contributed by atoms with Crippen LogP contribution in [0.5, 0.6) is 5.75 Å². The van der Waals surface area contributed by atoms with E-state index in [2.05, 4.69) is 5.32 Å². The number of benzene rings is 2. The molecular weight excluding hydrogens is 373 g/mol. The van der Waals surface area contributed by atoms with Crippen molar-refractivity contribution < 1.29 is 23.8 Å². The summed E-state index contributed by atoms with van der Waals surface area (Å²) in [6.07, 6.45) is 3.52. The van der Waals surface area contributed by atoms with Gasteiger partial charge in [0.25, 0.3) is 0 Å². The highest BCUT2D eigenvalue weighted by Crippen LogP contribution is 2.30. The molecule has 3 rings (SSSR count). The van der Waals surface area contributed by atoms with Gasteiger partial charge in [-0.2, -0.15) is 0 Å². The standard InChI is InChI=1S/C23H26FNO4/c24-18-11-9-16(10-12-18)15-29-21-8-4-1-5-17(21)13-14-25-22(26)19-6-2-3-7-20(19)23(27)28/h1,4-5,8-12,19-20H,2-3,6-7,13-15H2,(H,25,26)(H,27,28). The van der Waals surface area contributed by atoms with E-state index in [4.69, 9.17) is 4.74 Å². The van der Waals surface area contributed by atoms with Gasteiger partial charge in [-0.25, -0.2) is 4.39 Å². The molecule has 1 saturated carbocycles. The molecule has 2 unspecified atom stereocenters. The number of carbonyl (C=O) groups excluding carboxylic acids is 1. The van der Waals surface area contributed by atoms with Crippen LogP contribution in [-0.2, 0) is 22.6 Å². The Hall–Kier alpha value is -2.89. The Bertz CT molecular complexity index is 837. The van der Waals surface area contributed by atoms with Crippen molar-refractivity contribution in [1.82, 2.24) is 5.32 Å². The first-order valence-corrected chi connectivity index (χ1v) is 10.0. The Morgan fingerprint density at radius 1 is 1.03 bits per heavy atom. The van der Waals surface area contributed by atoms with Crippen LogP contribution in [0.2, 0.25) is 0 Å². The van der Waals surface area contributed by atoms with Crippen molar-refractivity contribution in [1.29, 1.82) is 0 Å². The molecule has 1 aliphatic carbocycles. The highest BCUT2D eigenvalue weighted by Gasteiger charge is 2.35. The maximum Gasteiger partial charge on any atom is 0.307 e. The summed E-state index contributed by atoms with van der Waals surface area (Å²) in [6.45, 7) is 0.741. The van der Waals surface area contributed by atoms with E-state index in [0.717, 1.165) is 24.0 Å². The molecule has 0 radical (unpaired) electrons. The minimum atomic E-state index is -0.885. The zero-order chi connectivity index (χ0) is 20.6. The molecule has 29 heavy (non-hydrogen) atoms. The smallest absolute Gasteiger partial charge is 0.307 e. The van der Waals surface area contributed by atoms with Crippen molar-refractivity contribution in [3.8, 4) is 5.75 Å². The van der Waals surface area contributed by atoms with Gasteiger partial charge in [0.05, 0.1) is 11.8 Å². The number of carboxylic acid groups (broad SMARTS) is 1. The van der Waals surface area contributed by atoms with E-state index in [-0.39, 0.29) is 11.7 Å². The molecule has 0 aliphatic heterocycles. The number of hydrogen-bond acceptors (Lipinski definition) is 3. The van der Waals surface area contributed by atoms with E-state index in [1.165, 1.54) is 12.1 Å². The Labute approximate surface area is 169 Å². The number of para-hydroxylation sites is 1. The van der Waals surface area contributed by atoms with Crippen LogP contribution in [0.1, 0.15) is 36.8 Å². The average molecular weight is 399 g/mol. The van der Waals surface area contributed by atoms with Crippen LogP contribution in [0, 0.1) is 17.7 Å². The topological polar surface area (TPSA) is 75.6 Å². The Balaban J connectivity index is 1.53. The van der Waals surface area contributed by atoms with Gasteiger partial charge in [-0.3, -0.25) is 9.59 Å². The normalized spacial score (nSPS) is 18.8. The number of rotatable bonds is 8. The summed E-state index contributed by atoms with van der Waals surface area (Å²) < 4.78 is 18.9. The monoisotopic (exact) mass is 399 g/mol. The van der Waals surface area contributed by atoms with Gasteiger partial charge in [0.2, 0.25) is 5.91 Å². The van der Waals surface area contributed by atoms with Crippen LogP contribution >= 0.6 is 0 Å². The third-order valence-corrected chi connectivity index (χ3v) is 5.39. The molecule has 154 valence electrons. The number of ether oxygens (including phenoxy) is 1. The van der Waals surface area contributed by atoms with E-state index in [9.17, 15) is 19.1 Å². The van der Waals surface area contributed by atoms with Crippen molar-refractivity contribution in [2.45, 2.75) is 38.7 Å². The molecule has 0 bridgehead atoms. The first kappa shape index (κ1) is 20.8. The van der Waals surface area contributed by atoms with Gasteiger partial charge in [0.1, 0.15) is 18.2 Å². The lowest BCUT2D eigenvalue weighted by Gasteiger charge is -2.27. The second-order valence-corrected chi connectivity index (χ2v) is 7.40. The number of carboxylic acids is 1. The summed E-state index contributed by atoms with van der Waals surface area (Å²) in [6, 6.07) is 13.7. The van der Waals surface area contributed by atoms with Gasteiger partial charge >= 0.3 is 5.97 Å². The number of nitrogens with one attached hydrogen (secondary N) is 1. The molecule has 0 heterocycles. The lowest BCUT2D eigenvalue weighted by atomic mass is 9.78. The van der Waals surface area contributed by atoms with Crippen molar-refractivity contribution in [2.75, 3.05) is 6.54 Å². The second-order valence-electron chi connectivity index (χ2n) is 7.40. The zero-order valence-electron chi connectivity index (χ0n) is 16.3. The fourth-order valence-corrected chi connectivity index (χ4v) is 3.78. The van der Waals surface area contributed by atoms with Crippen LogP contribution in [0.3, 0.4) is 0 Å². The summed E-state index contributed by atoms with van der Waals surface area (Å²) in [5.74, 6) is -1.67. The number of amides is 1. The first-order valence-electron chi connectivity index (χ1n) is 10.0. The van der Waals surface area contributed by atoms with Gasteiger partial charge < -0.3 is 15.2 Å². The van der Waals surface area contributed by atoms with Gasteiger partial charge in [-0.05, 0) is 48.6 Å². The maximum absolute atomic E-state index is 13.0. The number of halogens is 1. The SMILES string of the molecule is O=C(O)C1CCCCC1C(=O)NCCc1ccccc1OCc1ccc(F)cc1. The molecule has 6 heteroatoms. The molecule has 0 spiro atoms. The summed E-state index contributed by atoms with van der Waals surface area (Å²) in [5, 5.41) is 12.2. The van der Waals surface area contributed by atoms with Gasteiger partial charge in [0.15, 0.2) is 0 Å². The minimum Gasteiger partial charge on any atom is -0.489 e. The van der Waals surface area contributed by atoms with Gasteiger partial charge in [-0.15, -0.1) is 0 Å².